The smallest absolute Gasteiger partial charge is 0.148 e. The maximum absolute atomic E-state index is 5.43. The molecule has 0 aliphatic heterocycles. The fraction of sp³-hybridized carbons (Fsp3) is 0.636. The number of nitrogens with zero attached hydrogens (tertiary/aromatic N) is 2. The van der Waals surface area contributed by atoms with Gasteiger partial charge >= 0.3 is 0 Å². The van der Waals surface area contributed by atoms with E-state index >= 15 is 0 Å². The van der Waals surface area contributed by atoms with Gasteiger partial charge in [-0.2, -0.15) is 0 Å². The summed E-state index contributed by atoms with van der Waals surface area (Å²) in [7, 11) is 1.68. The molecule has 0 spiro atoms. The van der Waals surface area contributed by atoms with Crippen LogP contribution in [0.15, 0.2) is 0 Å². The number of anilines is 2. The number of methoxy groups -OCH3 is 1. The fourth-order valence-electron chi connectivity index (χ4n) is 1.36. The summed E-state index contributed by atoms with van der Waals surface area (Å²) < 4.78 is 5.18. The normalized spacial score (nSPS) is 12.3. The molecule has 0 aliphatic rings. The van der Waals surface area contributed by atoms with Crippen LogP contribution in [0.25, 0.3) is 0 Å². The Kier molecular flexibility index (Phi) is 5.11. The second-order valence-electron chi connectivity index (χ2n) is 3.89. The summed E-state index contributed by atoms with van der Waals surface area (Å²) in [5.74, 6) is 7.65. The molecule has 6 heteroatoms. The molecule has 0 amide bonds. The van der Waals surface area contributed by atoms with Crippen LogP contribution in [0.4, 0.5) is 11.6 Å². The van der Waals surface area contributed by atoms with Gasteiger partial charge in [-0.25, -0.2) is 15.8 Å². The molecule has 0 saturated heterocycles. The third kappa shape index (κ3) is 3.54. The topological polar surface area (TPSA) is 85.1 Å². The van der Waals surface area contributed by atoms with Gasteiger partial charge in [0.05, 0.1) is 6.10 Å². The van der Waals surface area contributed by atoms with Gasteiger partial charge in [-0.05, 0) is 13.8 Å². The van der Waals surface area contributed by atoms with E-state index in [1.54, 1.807) is 7.11 Å². The summed E-state index contributed by atoms with van der Waals surface area (Å²) in [6.07, 6.45) is 0.896. The third-order valence-electron chi connectivity index (χ3n) is 2.60. The predicted molar refractivity (Wildman–Crippen MR) is 68.9 cm³/mol. The first-order valence-corrected chi connectivity index (χ1v) is 5.73. The Morgan fingerprint density at radius 3 is 2.53 bits per heavy atom. The van der Waals surface area contributed by atoms with Crippen LogP contribution >= 0.6 is 0 Å². The molecule has 6 nitrogen and oxygen atoms in total. The molecule has 0 bridgehead atoms. The first-order chi connectivity index (χ1) is 8.12. The Hall–Kier alpha value is -1.40. The van der Waals surface area contributed by atoms with Crippen molar-refractivity contribution in [3.8, 4) is 0 Å². The summed E-state index contributed by atoms with van der Waals surface area (Å²) in [6, 6.07) is 0. The van der Waals surface area contributed by atoms with E-state index in [9.17, 15) is 0 Å². The highest BCUT2D eigenvalue weighted by atomic mass is 16.5. The lowest BCUT2D eigenvalue weighted by Crippen LogP contribution is -2.21. The molecule has 17 heavy (non-hydrogen) atoms. The average Bonchev–Trinajstić information content (AvgIpc) is 2.37. The summed E-state index contributed by atoms with van der Waals surface area (Å²) in [5.41, 5.74) is 3.50. The highest BCUT2D eigenvalue weighted by Crippen LogP contribution is 2.19. The van der Waals surface area contributed by atoms with Crippen molar-refractivity contribution in [2.75, 3.05) is 24.4 Å². The molecule has 1 aromatic heterocycles. The third-order valence-corrected chi connectivity index (χ3v) is 2.60. The van der Waals surface area contributed by atoms with Crippen molar-refractivity contribution in [1.82, 2.24) is 9.97 Å². The molecule has 0 aliphatic carbocycles. The molecule has 4 N–H and O–H groups in total. The zero-order valence-electron chi connectivity index (χ0n) is 10.9. The Bertz CT molecular complexity index is 369. The van der Waals surface area contributed by atoms with E-state index in [4.69, 9.17) is 10.6 Å². The highest BCUT2D eigenvalue weighted by molar-refractivity contribution is 5.56. The van der Waals surface area contributed by atoms with E-state index in [2.05, 4.69) is 20.7 Å². The monoisotopic (exact) mass is 239 g/mol. The molecule has 96 valence electrons. The summed E-state index contributed by atoms with van der Waals surface area (Å²) >= 11 is 0. The van der Waals surface area contributed by atoms with Crippen LogP contribution in [-0.2, 0) is 11.2 Å². The Morgan fingerprint density at radius 2 is 2.00 bits per heavy atom. The van der Waals surface area contributed by atoms with Crippen LogP contribution in [0.1, 0.15) is 25.2 Å². The maximum atomic E-state index is 5.43. The molecule has 1 atom stereocenters. The number of nitrogens with two attached hydrogens (primary N) is 1. The van der Waals surface area contributed by atoms with Crippen LogP contribution < -0.4 is 16.6 Å². The second kappa shape index (κ2) is 6.36. The van der Waals surface area contributed by atoms with Crippen LogP contribution in [0.2, 0.25) is 0 Å². The van der Waals surface area contributed by atoms with Gasteiger partial charge in [-0.1, -0.05) is 6.92 Å². The summed E-state index contributed by atoms with van der Waals surface area (Å²) in [4.78, 5) is 8.73. The van der Waals surface area contributed by atoms with Gasteiger partial charge in [0.1, 0.15) is 17.5 Å². The van der Waals surface area contributed by atoms with Gasteiger partial charge < -0.3 is 15.5 Å². The molecular weight excluding hydrogens is 218 g/mol. The number of aromatic nitrogens is 2. The van der Waals surface area contributed by atoms with E-state index in [0.717, 1.165) is 23.6 Å². The molecule has 0 aromatic carbocycles. The van der Waals surface area contributed by atoms with Crippen LogP contribution in [-0.4, -0.2) is 29.7 Å². The Morgan fingerprint density at radius 1 is 1.35 bits per heavy atom. The van der Waals surface area contributed by atoms with Gasteiger partial charge in [-0.15, -0.1) is 0 Å². The number of nitrogens with one attached hydrogen (secondary N) is 2. The number of hydrogen-bond acceptors (Lipinski definition) is 6. The van der Waals surface area contributed by atoms with Gasteiger partial charge in [0, 0.05) is 25.6 Å². The van der Waals surface area contributed by atoms with Crippen molar-refractivity contribution in [3.05, 3.63) is 11.4 Å². The van der Waals surface area contributed by atoms with Gasteiger partial charge in [0.25, 0.3) is 0 Å². The Balaban J connectivity index is 2.89. The van der Waals surface area contributed by atoms with E-state index < -0.39 is 0 Å². The quantitative estimate of drug-likeness (QED) is 0.509. The van der Waals surface area contributed by atoms with Crippen LogP contribution in [0, 0.1) is 6.92 Å². The molecule has 1 aromatic rings. The number of ether oxygens (including phenoxy) is 1. The van der Waals surface area contributed by atoms with E-state index in [1.807, 2.05) is 20.8 Å². The van der Waals surface area contributed by atoms with Gasteiger partial charge in [0.15, 0.2) is 0 Å². The summed E-state index contributed by atoms with van der Waals surface area (Å²) in [6.45, 7) is 6.62. The van der Waals surface area contributed by atoms with Crippen molar-refractivity contribution in [2.24, 2.45) is 5.84 Å². The van der Waals surface area contributed by atoms with Gasteiger partial charge in [0.2, 0.25) is 0 Å². The van der Waals surface area contributed by atoms with E-state index in [-0.39, 0.29) is 6.10 Å². The van der Waals surface area contributed by atoms with Crippen molar-refractivity contribution < 1.29 is 4.74 Å². The predicted octanol–water partition coefficient (Wildman–Crippen LogP) is 1.08. The number of aryl methyl sites for hydroxylation is 1. The highest BCUT2D eigenvalue weighted by Gasteiger charge is 2.10. The van der Waals surface area contributed by atoms with Crippen molar-refractivity contribution >= 4 is 11.6 Å². The molecule has 0 fully saturated rings. The Labute approximate surface area is 102 Å². The SMILES string of the molecule is CCc1nc(NN)c(C)c(NCC(C)OC)n1. The van der Waals surface area contributed by atoms with Gasteiger partial charge in [-0.3, -0.25) is 0 Å². The van der Waals surface area contributed by atoms with Crippen LogP contribution in [0.5, 0.6) is 0 Å². The number of hydrazine groups is 1. The zero-order chi connectivity index (χ0) is 12.8. The summed E-state index contributed by atoms with van der Waals surface area (Å²) in [5, 5.41) is 3.24. The molecule has 1 rings (SSSR count). The van der Waals surface area contributed by atoms with Crippen molar-refractivity contribution in [3.63, 3.8) is 0 Å². The maximum Gasteiger partial charge on any atom is 0.148 e. The number of rotatable bonds is 6. The molecule has 0 saturated carbocycles. The average molecular weight is 239 g/mol. The minimum Gasteiger partial charge on any atom is -0.380 e. The lowest BCUT2D eigenvalue weighted by Gasteiger charge is -2.15. The molecule has 1 unspecified atom stereocenters. The van der Waals surface area contributed by atoms with Crippen molar-refractivity contribution in [2.45, 2.75) is 33.3 Å². The van der Waals surface area contributed by atoms with Crippen molar-refractivity contribution in [1.29, 1.82) is 0 Å². The van der Waals surface area contributed by atoms with Crippen LogP contribution in [0.3, 0.4) is 0 Å². The minimum absolute atomic E-state index is 0.128. The minimum atomic E-state index is 0.128. The molecule has 0 radical (unpaired) electrons. The molecule has 1 heterocycles. The number of nitrogen functional groups attached to an aromatic ring is 1. The lowest BCUT2D eigenvalue weighted by atomic mass is 10.3. The first-order valence-electron chi connectivity index (χ1n) is 5.73. The second-order valence-corrected chi connectivity index (χ2v) is 3.89. The standard InChI is InChI=1S/C11H21N5O/c1-5-9-14-10(13-6-7(2)17-4)8(3)11(15-9)16-12/h7H,5-6,12H2,1-4H3,(H2,13,14,15,16). The largest absolute Gasteiger partial charge is 0.380 e. The number of hydrogen-bond donors (Lipinski definition) is 3. The first kappa shape index (κ1) is 13.7. The van der Waals surface area contributed by atoms with E-state index in [1.165, 1.54) is 0 Å². The zero-order valence-corrected chi connectivity index (χ0v) is 10.9. The molecular formula is C11H21N5O. The van der Waals surface area contributed by atoms with E-state index in [0.29, 0.717) is 12.4 Å². The fourth-order valence-corrected chi connectivity index (χ4v) is 1.36. The lowest BCUT2D eigenvalue weighted by molar-refractivity contribution is 0.128.